The van der Waals surface area contributed by atoms with Gasteiger partial charge in [-0.15, -0.1) is 0 Å². The molecular formula is C84H53B2N5O2S. The molecular weight excluding hydrogens is 1160 g/mol. The van der Waals surface area contributed by atoms with Crippen LogP contribution in [0.3, 0.4) is 0 Å². The number of benzene rings is 14. The first-order valence-corrected chi connectivity index (χ1v) is 32.9. The Hall–Kier alpha value is -11.8. The number of nitrogens with zero attached hydrogens (tertiary/aromatic N) is 5. The summed E-state index contributed by atoms with van der Waals surface area (Å²) in [7, 11) is 0. The van der Waals surface area contributed by atoms with E-state index in [1.165, 1.54) is 42.6 Å². The van der Waals surface area contributed by atoms with Gasteiger partial charge in [0.25, 0.3) is 6.71 Å². The fraction of sp³-hybridized carbons (Fsp3) is 0. The average Bonchev–Trinajstić information content (AvgIpc) is 1.12. The normalized spacial score (nSPS) is 13.2. The van der Waals surface area contributed by atoms with E-state index in [2.05, 4.69) is 346 Å². The highest BCUT2D eigenvalue weighted by atomic mass is 32.2. The summed E-state index contributed by atoms with van der Waals surface area (Å²) in [6.07, 6.45) is 0. The van der Waals surface area contributed by atoms with Gasteiger partial charge in [0.05, 0.1) is 11.4 Å². The van der Waals surface area contributed by atoms with Gasteiger partial charge in [-0.05, 0) is 167 Å². The summed E-state index contributed by atoms with van der Waals surface area (Å²) < 4.78 is 15.0. The minimum atomic E-state index is -0.190. The standard InChI is InChI=1S/C84H53B2N5O2S/c1-8-26-54(27-9-1)87(55-28-10-2-11-29-55)61-44-46-63-65-50-74-79-81(83(65)92-75(63)48-61)90(59-36-18-6-19-37-59)71-42-24-22-40-67(71)85(79)69-52-70-77(53-73(69)89(74)58-34-16-5-17-35-58)94-78-51-66-64-47-45-62(88(56-30-12-3-13-31-56)57-32-14-4-15-33-57)49-76(64)93-84(66)82-80(78)86(70)68-41-23-25-43-72(68)91(82)60-38-20-7-21-39-60/h1-53H. The molecule has 0 saturated heterocycles. The van der Waals surface area contributed by atoms with Crippen LogP contribution in [0.25, 0.3) is 43.9 Å². The van der Waals surface area contributed by atoms with Crippen molar-refractivity contribution >= 4 is 187 Å². The molecule has 94 heavy (non-hydrogen) atoms. The van der Waals surface area contributed by atoms with Crippen LogP contribution in [0, 0.1) is 0 Å². The minimum Gasteiger partial charge on any atom is -0.454 e. The smallest absolute Gasteiger partial charge is 0.252 e. The van der Waals surface area contributed by atoms with Crippen molar-refractivity contribution in [3.8, 4) is 0 Å². The lowest BCUT2D eigenvalue weighted by Crippen LogP contribution is -2.64. The van der Waals surface area contributed by atoms with Crippen LogP contribution in [0.15, 0.2) is 340 Å². The van der Waals surface area contributed by atoms with E-state index in [9.17, 15) is 0 Å². The molecule has 0 spiro atoms. The number of hydrogen-bond acceptors (Lipinski definition) is 8. The number of hydrogen-bond donors (Lipinski definition) is 0. The Kier molecular flexibility index (Phi) is 11.7. The molecule has 7 nitrogen and oxygen atoms in total. The Morgan fingerprint density at radius 3 is 1.13 bits per heavy atom. The van der Waals surface area contributed by atoms with Gasteiger partial charge < -0.3 is 33.3 Å². The van der Waals surface area contributed by atoms with Crippen molar-refractivity contribution in [3.05, 3.63) is 322 Å². The van der Waals surface area contributed by atoms with Crippen LogP contribution in [0.2, 0.25) is 0 Å². The van der Waals surface area contributed by atoms with Crippen molar-refractivity contribution in [2.24, 2.45) is 0 Å². The van der Waals surface area contributed by atoms with Crippen LogP contribution in [-0.4, -0.2) is 13.4 Å². The van der Waals surface area contributed by atoms with Gasteiger partial charge in [-0.3, -0.25) is 0 Å². The SMILES string of the molecule is c1ccc(N(c2ccccc2)c2ccc3c(c2)oc2c4c5c(cc23)Sc2cc3c(cc2B5c2ccccc2N4c2ccccc2)B2c4ccccc4N(c4ccccc4)c4c2c(cc2c4oc4cc(N(c5ccccc5)c5ccccc5)ccc42)N3c2ccccc2)cc1. The Morgan fingerprint density at radius 2 is 0.660 bits per heavy atom. The van der Waals surface area contributed by atoms with Gasteiger partial charge in [0, 0.05) is 117 Å². The van der Waals surface area contributed by atoms with Crippen molar-refractivity contribution < 1.29 is 8.83 Å². The van der Waals surface area contributed by atoms with Gasteiger partial charge in [0.1, 0.15) is 11.2 Å². The lowest BCUT2D eigenvalue weighted by Gasteiger charge is -2.45. The fourth-order valence-electron chi connectivity index (χ4n) is 15.7. The van der Waals surface area contributed by atoms with E-state index >= 15 is 0 Å². The van der Waals surface area contributed by atoms with E-state index in [-0.39, 0.29) is 13.4 Å². The molecule has 0 bridgehead atoms. The molecule has 6 heterocycles. The Labute approximate surface area is 548 Å². The van der Waals surface area contributed by atoms with Crippen LogP contribution in [0.1, 0.15) is 0 Å². The molecule has 0 atom stereocenters. The Balaban J connectivity index is 0.839. The molecule has 0 unspecified atom stereocenters. The summed E-state index contributed by atoms with van der Waals surface area (Å²) in [6, 6.07) is 117. The molecule has 2 aromatic heterocycles. The molecule has 4 aliphatic rings. The second kappa shape index (κ2) is 20.8. The van der Waals surface area contributed by atoms with Crippen molar-refractivity contribution in [2.75, 3.05) is 24.5 Å². The maximum absolute atomic E-state index is 7.56. The first kappa shape index (κ1) is 52.9. The predicted molar refractivity (Wildman–Crippen MR) is 394 cm³/mol. The third kappa shape index (κ3) is 7.90. The number of anilines is 15. The molecule has 16 aromatic rings. The van der Waals surface area contributed by atoms with Gasteiger partial charge in [-0.2, -0.15) is 0 Å². The maximum Gasteiger partial charge on any atom is 0.252 e. The topological polar surface area (TPSA) is 42.5 Å². The predicted octanol–water partition coefficient (Wildman–Crippen LogP) is 19.3. The number of para-hydroxylation sites is 9. The number of furan rings is 2. The summed E-state index contributed by atoms with van der Waals surface area (Å²) >= 11 is 1.89. The largest absolute Gasteiger partial charge is 0.454 e. The summed E-state index contributed by atoms with van der Waals surface area (Å²) in [6.45, 7) is -0.336. The molecule has 0 saturated carbocycles. The molecule has 0 amide bonds. The third-order valence-electron chi connectivity index (χ3n) is 19.6. The zero-order valence-corrected chi connectivity index (χ0v) is 51.5. The van der Waals surface area contributed by atoms with Gasteiger partial charge in [0.2, 0.25) is 6.71 Å². The van der Waals surface area contributed by atoms with E-state index in [0.29, 0.717) is 0 Å². The quantitative estimate of drug-likeness (QED) is 0.132. The van der Waals surface area contributed by atoms with Crippen molar-refractivity contribution in [3.63, 3.8) is 0 Å². The second-order valence-corrected chi connectivity index (χ2v) is 25.8. The highest BCUT2D eigenvalue weighted by Gasteiger charge is 2.49. The van der Waals surface area contributed by atoms with Gasteiger partial charge in [0.15, 0.2) is 11.2 Å². The molecule has 0 fully saturated rings. The van der Waals surface area contributed by atoms with E-state index in [4.69, 9.17) is 8.83 Å². The van der Waals surface area contributed by atoms with Crippen LogP contribution in [0.5, 0.6) is 0 Å². The minimum absolute atomic E-state index is 0.147. The molecule has 10 heteroatoms. The van der Waals surface area contributed by atoms with Gasteiger partial charge in [-0.25, -0.2) is 0 Å². The first-order chi connectivity index (χ1) is 46.7. The highest BCUT2D eigenvalue weighted by Crippen LogP contribution is 2.53. The third-order valence-corrected chi connectivity index (χ3v) is 20.7. The van der Waals surface area contributed by atoms with Crippen LogP contribution >= 0.6 is 11.8 Å². The van der Waals surface area contributed by atoms with E-state index in [0.717, 1.165) is 129 Å². The first-order valence-electron chi connectivity index (χ1n) is 32.1. The Morgan fingerprint density at radius 1 is 0.266 bits per heavy atom. The fourth-order valence-corrected chi connectivity index (χ4v) is 16.9. The van der Waals surface area contributed by atoms with Crippen molar-refractivity contribution in [2.45, 2.75) is 9.79 Å². The number of fused-ring (bicyclic) bond motifs is 16. The van der Waals surface area contributed by atoms with Crippen molar-refractivity contribution in [1.29, 1.82) is 0 Å². The van der Waals surface area contributed by atoms with Crippen molar-refractivity contribution in [1.82, 2.24) is 0 Å². The molecule has 438 valence electrons. The van der Waals surface area contributed by atoms with Gasteiger partial charge >= 0.3 is 0 Å². The molecule has 14 aromatic carbocycles. The molecule has 20 rings (SSSR count). The van der Waals surface area contributed by atoms with E-state index in [1.807, 2.05) is 11.8 Å². The monoisotopic (exact) mass is 1220 g/mol. The molecule has 0 N–H and O–H groups in total. The van der Waals surface area contributed by atoms with Crippen LogP contribution in [-0.2, 0) is 0 Å². The van der Waals surface area contributed by atoms with Crippen LogP contribution < -0.4 is 57.3 Å². The summed E-state index contributed by atoms with van der Waals surface area (Å²) in [5, 5.41) is 4.26. The molecule has 4 aliphatic heterocycles. The van der Waals surface area contributed by atoms with Crippen LogP contribution in [0.4, 0.5) is 85.3 Å². The van der Waals surface area contributed by atoms with E-state index < -0.39 is 0 Å². The summed E-state index contributed by atoms with van der Waals surface area (Å²) in [4.78, 5) is 14.6. The molecule has 0 radical (unpaired) electrons. The second-order valence-electron chi connectivity index (χ2n) is 24.7. The highest BCUT2D eigenvalue weighted by molar-refractivity contribution is 8.00. The zero-order chi connectivity index (χ0) is 61.5. The Bertz CT molecular complexity index is 5620. The average molecular weight is 1220 g/mol. The maximum atomic E-state index is 7.56. The lowest BCUT2D eigenvalue weighted by atomic mass is 9.31. The lowest BCUT2D eigenvalue weighted by molar-refractivity contribution is 0.669. The summed E-state index contributed by atoms with van der Waals surface area (Å²) in [5.41, 5.74) is 27.0. The molecule has 0 aliphatic carbocycles. The number of rotatable bonds is 9. The summed E-state index contributed by atoms with van der Waals surface area (Å²) in [5.74, 6) is 0. The van der Waals surface area contributed by atoms with E-state index in [1.54, 1.807) is 0 Å². The van der Waals surface area contributed by atoms with Gasteiger partial charge in [-0.1, -0.05) is 187 Å². The zero-order valence-electron chi connectivity index (χ0n) is 50.7.